The number of imidazole rings is 1. The molecule has 0 radical (unpaired) electrons. The van der Waals surface area contributed by atoms with Gasteiger partial charge in [0.05, 0.1) is 30.3 Å². The van der Waals surface area contributed by atoms with Crippen molar-refractivity contribution in [2.24, 2.45) is 0 Å². The molecule has 0 aliphatic carbocycles. The molecular formula is C17H13F3N2O3. The molecule has 5 nitrogen and oxygen atoms in total. The van der Waals surface area contributed by atoms with Crippen molar-refractivity contribution in [3.05, 3.63) is 53.6 Å². The highest BCUT2D eigenvalue weighted by Crippen LogP contribution is 2.23. The summed E-state index contributed by atoms with van der Waals surface area (Å²) in [6.07, 6.45) is -4.66. The lowest BCUT2D eigenvalue weighted by atomic mass is 10.1. The second kappa shape index (κ2) is 6.56. The maximum absolute atomic E-state index is 12.0. The number of aromatic amines is 1. The van der Waals surface area contributed by atoms with Gasteiger partial charge in [-0.3, -0.25) is 4.74 Å². The molecule has 0 saturated carbocycles. The third-order valence-electron chi connectivity index (χ3n) is 3.53. The van der Waals surface area contributed by atoms with Crippen LogP contribution in [0.1, 0.15) is 15.9 Å². The lowest BCUT2D eigenvalue weighted by Gasteiger charge is -2.07. The number of hydrogen-bond donors (Lipinski definition) is 1. The number of benzene rings is 2. The first-order chi connectivity index (χ1) is 11.9. The summed E-state index contributed by atoms with van der Waals surface area (Å²) in [5.74, 6) is 0.0902. The zero-order valence-corrected chi connectivity index (χ0v) is 13.1. The van der Waals surface area contributed by atoms with E-state index in [0.717, 1.165) is 0 Å². The second-order valence-corrected chi connectivity index (χ2v) is 5.24. The fraction of sp³-hybridized carbons (Fsp3) is 0.176. The number of methoxy groups -OCH3 is 1. The summed E-state index contributed by atoms with van der Waals surface area (Å²) in [5, 5.41) is 0. The Morgan fingerprint density at radius 2 is 1.88 bits per heavy atom. The number of rotatable bonds is 4. The Bertz CT molecular complexity index is 902. The van der Waals surface area contributed by atoms with Crippen LogP contribution < -0.4 is 0 Å². The van der Waals surface area contributed by atoms with E-state index in [4.69, 9.17) is 0 Å². The summed E-state index contributed by atoms with van der Waals surface area (Å²) < 4.78 is 44.6. The Hall–Kier alpha value is -2.87. The van der Waals surface area contributed by atoms with Gasteiger partial charge in [0, 0.05) is 5.56 Å². The first kappa shape index (κ1) is 17.0. The minimum atomic E-state index is -4.66. The highest BCUT2D eigenvalue weighted by Gasteiger charge is 2.28. The lowest BCUT2D eigenvalue weighted by molar-refractivity contribution is -0.330. The maximum atomic E-state index is 12.0. The minimum absolute atomic E-state index is 0.393. The van der Waals surface area contributed by atoms with Crippen LogP contribution in [0.4, 0.5) is 13.2 Å². The van der Waals surface area contributed by atoms with Gasteiger partial charge in [0.1, 0.15) is 5.82 Å². The fourth-order valence-electron chi connectivity index (χ4n) is 2.32. The van der Waals surface area contributed by atoms with Gasteiger partial charge in [-0.1, -0.05) is 24.3 Å². The third kappa shape index (κ3) is 3.97. The predicted octanol–water partition coefficient (Wildman–Crippen LogP) is 4.05. The van der Waals surface area contributed by atoms with Crippen LogP contribution in [0.5, 0.6) is 0 Å². The van der Waals surface area contributed by atoms with Crippen molar-refractivity contribution >= 4 is 17.0 Å². The molecule has 0 aliphatic heterocycles. The number of nitrogens with one attached hydrogen (secondary N) is 1. The first-order valence-electron chi connectivity index (χ1n) is 7.24. The molecule has 1 N–H and O–H groups in total. The molecular weight excluding hydrogens is 337 g/mol. The molecule has 2 aromatic carbocycles. The topological polar surface area (TPSA) is 64.2 Å². The number of H-pyrrole nitrogens is 1. The molecule has 3 rings (SSSR count). The quantitative estimate of drug-likeness (QED) is 0.721. The Balaban J connectivity index is 1.82. The number of halogens is 3. The van der Waals surface area contributed by atoms with Gasteiger partial charge >= 0.3 is 12.3 Å². The molecule has 1 heterocycles. The number of carbonyl (C=O) groups excluding carboxylic acids is 1. The summed E-state index contributed by atoms with van der Waals surface area (Å²) in [5.41, 5.74) is 2.80. The number of nitrogens with zero attached hydrogens (tertiary/aromatic N) is 1. The number of fused-ring (bicyclic) bond motifs is 1. The van der Waals surface area contributed by atoms with Gasteiger partial charge in [0.2, 0.25) is 0 Å². The number of alkyl halides is 3. The Morgan fingerprint density at radius 1 is 1.16 bits per heavy atom. The fourth-order valence-corrected chi connectivity index (χ4v) is 2.32. The molecule has 25 heavy (non-hydrogen) atoms. The van der Waals surface area contributed by atoms with Crippen LogP contribution in [0.2, 0.25) is 0 Å². The molecule has 0 bridgehead atoms. The molecule has 0 atom stereocenters. The summed E-state index contributed by atoms with van der Waals surface area (Å²) >= 11 is 0. The minimum Gasteiger partial charge on any atom is -0.465 e. The van der Waals surface area contributed by atoms with E-state index in [-0.39, 0.29) is 0 Å². The second-order valence-electron chi connectivity index (χ2n) is 5.24. The van der Waals surface area contributed by atoms with Crippen LogP contribution in [0.25, 0.3) is 22.4 Å². The first-order valence-corrected chi connectivity index (χ1v) is 7.24. The Morgan fingerprint density at radius 3 is 2.52 bits per heavy atom. The average molecular weight is 350 g/mol. The molecule has 0 spiro atoms. The zero-order valence-electron chi connectivity index (χ0n) is 13.1. The highest BCUT2D eigenvalue weighted by molar-refractivity contribution is 5.94. The van der Waals surface area contributed by atoms with Crippen LogP contribution in [-0.4, -0.2) is 29.4 Å². The molecule has 0 fully saturated rings. The van der Waals surface area contributed by atoms with Gasteiger partial charge < -0.3 is 9.72 Å². The standard InChI is InChI=1S/C17H13F3N2O3/c1-24-16(23)12-6-7-13-14(8-12)22-15(21-13)11-4-2-10(3-5-11)9-25-17(18,19)20/h2-8H,9H2,1H3,(H,21,22). The van der Waals surface area contributed by atoms with E-state index >= 15 is 0 Å². The van der Waals surface area contributed by atoms with E-state index in [1.807, 2.05) is 0 Å². The van der Waals surface area contributed by atoms with Crippen LogP contribution in [0.15, 0.2) is 42.5 Å². The van der Waals surface area contributed by atoms with Crippen LogP contribution in [0, 0.1) is 0 Å². The van der Waals surface area contributed by atoms with Crippen molar-refractivity contribution < 1.29 is 27.4 Å². The van der Waals surface area contributed by atoms with E-state index in [1.165, 1.54) is 19.2 Å². The Labute approximate surface area is 140 Å². The average Bonchev–Trinajstić information content (AvgIpc) is 3.02. The Kier molecular flexibility index (Phi) is 4.45. The van der Waals surface area contributed by atoms with Gasteiger partial charge in [-0.15, -0.1) is 13.2 Å². The van der Waals surface area contributed by atoms with Crippen LogP contribution >= 0.6 is 0 Å². The van der Waals surface area contributed by atoms with Crippen molar-refractivity contribution in [2.75, 3.05) is 7.11 Å². The van der Waals surface area contributed by atoms with Gasteiger partial charge in [-0.05, 0) is 23.8 Å². The summed E-state index contributed by atoms with van der Waals surface area (Å²) in [4.78, 5) is 19.0. The van der Waals surface area contributed by atoms with Crippen molar-refractivity contribution in [2.45, 2.75) is 13.0 Å². The normalized spacial score (nSPS) is 11.7. The van der Waals surface area contributed by atoms with Crippen molar-refractivity contribution in [3.63, 3.8) is 0 Å². The molecule has 0 aliphatic rings. The smallest absolute Gasteiger partial charge is 0.465 e. The van der Waals surface area contributed by atoms with Gasteiger partial charge in [-0.2, -0.15) is 0 Å². The molecule has 1 aromatic heterocycles. The van der Waals surface area contributed by atoms with Gasteiger partial charge in [-0.25, -0.2) is 9.78 Å². The molecule has 130 valence electrons. The molecule has 8 heteroatoms. The van der Waals surface area contributed by atoms with Crippen LogP contribution in [-0.2, 0) is 16.1 Å². The SMILES string of the molecule is COC(=O)c1ccc2nc(-c3ccc(COC(F)(F)F)cc3)[nH]c2c1. The van der Waals surface area contributed by atoms with Crippen molar-refractivity contribution in [1.29, 1.82) is 0 Å². The van der Waals surface area contributed by atoms with Crippen LogP contribution in [0.3, 0.4) is 0 Å². The summed E-state index contributed by atoms with van der Waals surface area (Å²) in [6.45, 7) is -0.549. The highest BCUT2D eigenvalue weighted by atomic mass is 19.4. The lowest BCUT2D eigenvalue weighted by Crippen LogP contribution is -2.12. The number of carbonyl (C=O) groups is 1. The van der Waals surface area contributed by atoms with E-state index in [0.29, 0.717) is 33.5 Å². The van der Waals surface area contributed by atoms with E-state index in [2.05, 4.69) is 19.4 Å². The molecule has 3 aromatic rings. The third-order valence-corrected chi connectivity index (χ3v) is 3.53. The number of esters is 1. The van der Waals surface area contributed by atoms with E-state index in [1.54, 1.807) is 30.3 Å². The number of hydrogen-bond acceptors (Lipinski definition) is 4. The predicted molar refractivity (Wildman–Crippen MR) is 83.7 cm³/mol. The largest absolute Gasteiger partial charge is 0.522 e. The maximum Gasteiger partial charge on any atom is 0.522 e. The summed E-state index contributed by atoms with van der Waals surface area (Å²) in [7, 11) is 1.30. The molecule has 0 unspecified atom stereocenters. The monoisotopic (exact) mass is 350 g/mol. The molecule has 0 amide bonds. The van der Waals surface area contributed by atoms with E-state index < -0.39 is 18.9 Å². The molecule has 0 saturated heterocycles. The van der Waals surface area contributed by atoms with Gasteiger partial charge in [0.25, 0.3) is 0 Å². The number of aromatic nitrogens is 2. The zero-order chi connectivity index (χ0) is 18.0. The summed E-state index contributed by atoms with van der Waals surface area (Å²) in [6, 6.07) is 11.3. The van der Waals surface area contributed by atoms with Crippen molar-refractivity contribution in [1.82, 2.24) is 9.97 Å². The van der Waals surface area contributed by atoms with E-state index in [9.17, 15) is 18.0 Å². The van der Waals surface area contributed by atoms with Gasteiger partial charge in [0.15, 0.2) is 0 Å². The number of ether oxygens (including phenoxy) is 2. The van der Waals surface area contributed by atoms with Crippen molar-refractivity contribution in [3.8, 4) is 11.4 Å².